The van der Waals surface area contributed by atoms with Gasteiger partial charge >= 0.3 is 12.0 Å². The number of cyclic esters (lactones) is 1. The average Bonchev–Trinajstić information content (AvgIpc) is 3.09. The molecule has 1 unspecified atom stereocenters. The fourth-order valence-corrected chi connectivity index (χ4v) is 3.68. The number of carbonyl (C=O) groups is 3. The van der Waals surface area contributed by atoms with Crippen molar-refractivity contribution in [3.8, 4) is 0 Å². The summed E-state index contributed by atoms with van der Waals surface area (Å²) in [4.78, 5) is 38.7. The molecule has 7 nitrogen and oxygen atoms in total. The molecule has 0 radical (unpaired) electrons. The molecule has 0 saturated carbocycles. The summed E-state index contributed by atoms with van der Waals surface area (Å²) in [6, 6.07) is 9.80. The zero-order valence-electron chi connectivity index (χ0n) is 15.9. The number of halogens is 2. The van der Waals surface area contributed by atoms with Crippen LogP contribution in [0.15, 0.2) is 53.7 Å². The highest BCUT2D eigenvalue weighted by Gasteiger charge is 2.43. The molecule has 2 aliphatic heterocycles. The number of benzene rings is 2. The zero-order valence-corrected chi connectivity index (χ0v) is 16.6. The Kier molecular flexibility index (Phi) is 5.17. The van der Waals surface area contributed by atoms with E-state index in [1.54, 1.807) is 37.3 Å². The minimum Gasteiger partial charge on any atom is -0.456 e. The van der Waals surface area contributed by atoms with E-state index in [-0.39, 0.29) is 24.4 Å². The number of nitrogens with zero attached hydrogens (tertiary/aromatic N) is 1. The Morgan fingerprint density at radius 2 is 2.07 bits per heavy atom. The third-order valence-corrected chi connectivity index (χ3v) is 5.32. The van der Waals surface area contributed by atoms with Crippen molar-refractivity contribution in [2.24, 2.45) is 0 Å². The van der Waals surface area contributed by atoms with Crippen molar-refractivity contribution in [3.63, 3.8) is 0 Å². The highest BCUT2D eigenvalue weighted by atomic mass is 35.5. The van der Waals surface area contributed by atoms with E-state index in [2.05, 4.69) is 10.6 Å². The highest BCUT2D eigenvalue weighted by Crippen LogP contribution is 2.37. The average molecular weight is 430 g/mol. The van der Waals surface area contributed by atoms with E-state index in [1.165, 1.54) is 12.1 Å². The summed E-state index contributed by atoms with van der Waals surface area (Å²) in [7, 11) is 0. The van der Waals surface area contributed by atoms with Gasteiger partial charge in [0.15, 0.2) is 0 Å². The Labute approximate surface area is 176 Å². The van der Waals surface area contributed by atoms with Gasteiger partial charge < -0.3 is 15.4 Å². The van der Waals surface area contributed by atoms with E-state index in [1.807, 2.05) is 0 Å². The van der Waals surface area contributed by atoms with Gasteiger partial charge in [0.05, 0.1) is 17.3 Å². The molecule has 2 aliphatic rings. The van der Waals surface area contributed by atoms with Crippen LogP contribution in [0.4, 0.5) is 14.9 Å². The van der Waals surface area contributed by atoms with E-state index in [0.717, 1.165) is 4.90 Å². The van der Waals surface area contributed by atoms with Crippen LogP contribution in [-0.4, -0.2) is 36.0 Å². The number of hydrogen-bond acceptors (Lipinski definition) is 4. The lowest BCUT2D eigenvalue weighted by Gasteiger charge is -2.32. The molecule has 9 heteroatoms. The van der Waals surface area contributed by atoms with Crippen molar-refractivity contribution in [2.75, 3.05) is 18.5 Å². The van der Waals surface area contributed by atoms with E-state index in [4.69, 9.17) is 16.3 Å². The number of hydrogen-bond donors (Lipinski definition) is 2. The fraction of sp³-hybridized carbons (Fsp3) is 0.190. The summed E-state index contributed by atoms with van der Waals surface area (Å²) in [6.07, 6.45) is 0. The lowest BCUT2D eigenvalue weighted by atomic mass is 9.95. The van der Waals surface area contributed by atoms with E-state index in [0.29, 0.717) is 21.8 Å². The normalized spacial score (nSPS) is 18.1. The van der Waals surface area contributed by atoms with Crippen LogP contribution in [0.5, 0.6) is 0 Å². The number of rotatable bonds is 4. The van der Waals surface area contributed by atoms with Crippen molar-refractivity contribution in [1.82, 2.24) is 10.2 Å². The topological polar surface area (TPSA) is 87.7 Å². The minimum absolute atomic E-state index is 0.130. The molecule has 154 valence electrons. The van der Waals surface area contributed by atoms with Gasteiger partial charge in [0.1, 0.15) is 19.0 Å². The number of nitrogens with one attached hydrogen (secondary N) is 2. The van der Waals surface area contributed by atoms with Crippen LogP contribution in [0.3, 0.4) is 0 Å². The summed E-state index contributed by atoms with van der Waals surface area (Å²) in [5, 5.41) is 5.66. The smallest absolute Gasteiger partial charge is 0.338 e. The van der Waals surface area contributed by atoms with Crippen molar-refractivity contribution < 1.29 is 23.5 Å². The summed E-state index contributed by atoms with van der Waals surface area (Å²) >= 11 is 6.24. The Morgan fingerprint density at radius 3 is 2.80 bits per heavy atom. The molecular formula is C21H17ClFN3O4. The van der Waals surface area contributed by atoms with Crippen LogP contribution in [0.1, 0.15) is 17.2 Å². The number of amides is 3. The van der Waals surface area contributed by atoms with Crippen LogP contribution in [0, 0.1) is 12.7 Å². The molecule has 0 aromatic heterocycles. The highest BCUT2D eigenvalue weighted by molar-refractivity contribution is 6.31. The van der Waals surface area contributed by atoms with Gasteiger partial charge in [-0.25, -0.2) is 14.0 Å². The molecule has 0 spiro atoms. The molecule has 2 aromatic rings. The lowest BCUT2D eigenvalue weighted by Crippen LogP contribution is -2.49. The molecular weight excluding hydrogens is 413 g/mol. The van der Waals surface area contributed by atoms with Gasteiger partial charge in [-0.2, -0.15) is 0 Å². The Bertz CT molecular complexity index is 1100. The quantitative estimate of drug-likeness (QED) is 0.730. The second kappa shape index (κ2) is 7.79. The SMILES string of the molecule is Cc1ccc(NC(=O)CN2C(=O)NC(c3ccccc3Cl)C3=C2COC3=O)cc1F. The predicted molar refractivity (Wildman–Crippen MR) is 107 cm³/mol. The first-order valence-corrected chi connectivity index (χ1v) is 9.51. The van der Waals surface area contributed by atoms with E-state index in [9.17, 15) is 18.8 Å². The van der Waals surface area contributed by atoms with Gasteiger partial charge in [-0.1, -0.05) is 35.9 Å². The van der Waals surface area contributed by atoms with Gasteiger partial charge in [-0.05, 0) is 36.2 Å². The van der Waals surface area contributed by atoms with E-state index < -0.39 is 29.8 Å². The first kappa shape index (κ1) is 19.9. The molecule has 0 saturated heterocycles. The summed E-state index contributed by atoms with van der Waals surface area (Å²) in [5.41, 5.74) is 1.81. The monoisotopic (exact) mass is 429 g/mol. The Hall–Kier alpha value is -3.39. The number of carbonyl (C=O) groups excluding carboxylic acids is 3. The van der Waals surface area contributed by atoms with Gasteiger partial charge in [0, 0.05) is 10.7 Å². The van der Waals surface area contributed by atoms with Crippen LogP contribution < -0.4 is 10.6 Å². The first-order valence-electron chi connectivity index (χ1n) is 9.14. The van der Waals surface area contributed by atoms with Crippen LogP contribution in [-0.2, 0) is 14.3 Å². The maximum atomic E-state index is 13.7. The first-order chi connectivity index (χ1) is 14.3. The van der Waals surface area contributed by atoms with Crippen LogP contribution in [0.25, 0.3) is 0 Å². The van der Waals surface area contributed by atoms with Crippen molar-refractivity contribution >= 4 is 35.2 Å². The summed E-state index contributed by atoms with van der Waals surface area (Å²) < 4.78 is 18.8. The molecule has 1 atom stereocenters. The lowest BCUT2D eigenvalue weighted by molar-refractivity contribution is -0.136. The molecule has 0 fully saturated rings. The number of urea groups is 1. The molecule has 4 rings (SSSR count). The van der Waals surface area contributed by atoms with E-state index >= 15 is 0 Å². The van der Waals surface area contributed by atoms with Crippen LogP contribution >= 0.6 is 11.6 Å². The molecule has 2 N–H and O–H groups in total. The molecule has 30 heavy (non-hydrogen) atoms. The van der Waals surface area contributed by atoms with Crippen molar-refractivity contribution in [3.05, 3.63) is 75.7 Å². The molecule has 2 aromatic carbocycles. The molecule has 2 heterocycles. The standard InChI is InChI=1S/C21H17ClFN3O4/c1-11-6-7-12(8-15(11)23)24-17(27)9-26-16-10-30-20(28)18(16)19(25-21(26)29)13-4-2-3-5-14(13)22/h2-8,19H,9-10H2,1H3,(H,24,27)(H,25,29). The third kappa shape index (κ3) is 3.61. The number of ether oxygens (including phenoxy) is 1. The summed E-state index contributed by atoms with van der Waals surface area (Å²) in [5.74, 6) is -1.58. The van der Waals surface area contributed by atoms with Gasteiger partial charge in [-0.3, -0.25) is 9.69 Å². The van der Waals surface area contributed by atoms with Crippen molar-refractivity contribution in [2.45, 2.75) is 13.0 Å². The number of anilines is 1. The third-order valence-electron chi connectivity index (χ3n) is 4.97. The van der Waals surface area contributed by atoms with Crippen LogP contribution in [0.2, 0.25) is 5.02 Å². The fourth-order valence-electron chi connectivity index (χ4n) is 3.44. The maximum Gasteiger partial charge on any atom is 0.338 e. The largest absolute Gasteiger partial charge is 0.456 e. The minimum atomic E-state index is -0.776. The predicted octanol–water partition coefficient (Wildman–Crippen LogP) is 3.30. The molecule has 3 amide bonds. The second-order valence-corrected chi connectivity index (χ2v) is 7.35. The Balaban J connectivity index is 1.60. The number of esters is 1. The second-order valence-electron chi connectivity index (χ2n) is 6.94. The zero-order chi connectivity index (χ0) is 21.4. The number of aryl methyl sites for hydroxylation is 1. The van der Waals surface area contributed by atoms with Gasteiger partial charge in [-0.15, -0.1) is 0 Å². The van der Waals surface area contributed by atoms with Crippen molar-refractivity contribution in [1.29, 1.82) is 0 Å². The Morgan fingerprint density at radius 1 is 1.30 bits per heavy atom. The molecule has 0 aliphatic carbocycles. The summed E-state index contributed by atoms with van der Waals surface area (Å²) in [6.45, 7) is 1.11. The maximum absolute atomic E-state index is 13.7. The van der Waals surface area contributed by atoms with Gasteiger partial charge in [0.2, 0.25) is 5.91 Å². The molecule has 0 bridgehead atoms. The van der Waals surface area contributed by atoms with Gasteiger partial charge in [0.25, 0.3) is 0 Å².